The summed E-state index contributed by atoms with van der Waals surface area (Å²) in [5.41, 5.74) is 4.73. The molecule has 0 aliphatic heterocycles. The highest BCUT2D eigenvalue weighted by atomic mass is 32.1. The van der Waals surface area contributed by atoms with Gasteiger partial charge in [-0.1, -0.05) is 44.2 Å². The van der Waals surface area contributed by atoms with Gasteiger partial charge < -0.3 is 134 Å². The third-order valence-electron chi connectivity index (χ3n) is 15.7. The predicted molar refractivity (Wildman–Crippen MR) is 424 cm³/mol. The first-order chi connectivity index (χ1) is 56.0. The molecule has 30 nitrogen and oxygen atoms in total. The van der Waals surface area contributed by atoms with E-state index in [1.165, 1.54) is 11.3 Å². The Morgan fingerprint density at radius 1 is 0.333 bits per heavy atom. The lowest BCUT2D eigenvalue weighted by Crippen LogP contribution is -2.41. The quantitative estimate of drug-likeness (QED) is 0.0204. The van der Waals surface area contributed by atoms with E-state index in [-0.39, 0.29) is 168 Å². The Hall–Kier alpha value is -7.42. The highest BCUT2D eigenvalue weighted by Gasteiger charge is 2.26. The maximum Gasteiger partial charge on any atom is 0.352 e. The topological polar surface area (TPSA) is 337 Å². The number of para-hydroxylation sites is 1. The zero-order valence-electron chi connectivity index (χ0n) is 66.5. The second kappa shape index (κ2) is 61.0. The van der Waals surface area contributed by atoms with Crippen molar-refractivity contribution in [3.63, 3.8) is 0 Å². The molecule has 2 atom stereocenters. The van der Waals surface area contributed by atoms with Gasteiger partial charge in [-0.25, -0.2) is 9.59 Å². The molecule has 0 saturated heterocycles. The fourth-order valence-corrected chi connectivity index (χ4v) is 12.0. The molecule has 2 aromatic heterocycles. The maximum absolute atomic E-state index is 12.8. The van der Waals surface area contributed by atoms with E-state index in [9.17, 15) is 30.0 Å². The minimum absolute atomic E-state index is 0.00359. The molecular formula is C82H118O30S2. The van der Waals surface area contributed by atoms with Gasteiger partial charge in [0.15, 0.2) is 55.9 Å². The lowest BCUT2D eigenvalue weighted by atomic mass is 10.0. The largest absolute Gasteiger partial charge is 0.489 e. The van der Waals surface area contributed by atoms with Crippen LogP contribution in [0.15, 0.2) is 89.6 Å². The molecule has 4 aromatic carbocycles. The van der Waals surface area contributed by atoms with Crippen molar-refractivity contribution in [2.75, 3.05) is 251 Å². The van der Waals surface area contributed by atoms with E-state index in [4.69, 9.17) is 114 Å². The van der Waals surface area contributed by atoms with Crippen molar-refractivity contribution in [2.45, 2.75) is 66.1 Å². The summed E-state index contributed by atoms with van der Waals surface area (Å²) in [7, 11) is 0. The van der Waals surface area contributed by atoms with Crippen LogP contribution in [0.4, 0.5) is 0 Å². The second-order valence-corrected chi connectivity index (χ2v) is 26.6. The van der Waals surface area contributed by atoms with Crippen molar-refractivity contribution in [3.8, 4) is 56.8 Å². The first-order valence-corrected chi connectivity index (χ1v) is 40.4. The van der Waals surface area contributed by atoms with Crippen LogP contribution in [-0.2, 0) is 72.7 Å². The number of rotatable bonds is 72. The molecule has 0 aliphatic rings. The Morgan fingerprint density at radius 2 is 0.754 bits per heavy atom. The summed E-state index contributed by atoms with van der Waals surface area (Å²) < 4.78 is 142. The number of carbonyl (C=O) groups is 2. The van der Waals surface area contributed by atoms with Gasteiger partial charge in [0.05, 0.1) is 159 Å². The smallest absolute Gasteiger partial charge is 0.352 e. The van der Waals surface area contributed by atoms with Crippen molar-refractivity contribution >= 4 is 34.6 Å². The van der Waals surface area contributed by atoms with E-state index in [1.54, 1.807) is 22.9 Å². The van der Waals surface area contributed by atoms with Crippen molar-refractivity contribution in [1.82, 2.24) is 0 Å². The Balaban J connectivity index is 1.07. The van der Waals surface area contributed by atoms with Gasteiger partial charge in [0, 0.05) is 13.2 Å². The van der Waals surface area contributed by atoms with Crippen molar-refractivity contribution in [1.29, 1.82) is 0 Å². The molecule has 0 radical (unpaired) electrons. The van der Waals surface area contributed by atoms with Gasteiger partial charge in [-0.3, -0.25) is 0 Å². The van der Waals surface area contributed by atoms with Gasteiger partial charge in [0.1, 0.15) is 103 Å². The van der Waals surface area contributed by atoms with Gasteiger partial charge in [0.25, 0.3) is 0 Å². The van der Waals surface area contributed by atoms with Crippen LogP contribution in [-0.4, -0.2) is 296 Å². The average Bonchev–Trinajstić information content (AvgIpc) is 1.33. The number of carbonyl (C=O) groups excluding carboxylic acids is 2. The highest BCUT2D eigenvalue weighted by molar-refractivity contribution is 7.12. The number of aryl methyl sites for hydroxylation is 3. The summed E-state index contributed by atoms with van der Waals surface area (Å²) >= 11 is 2.35. The fraction of sp³-hybridized carbons (Fsp3) is 0.585. The summed E-state index contributed by atoms with van der Waals surface area (Å²) in [6, 6.07) is 24.2. The molecule has 0 aliphatic carbocycles. The highest BCUT2D eigenvalue weighted by Crippen LogP contribution is 2.37. The van der Waals surface area contributed by atoms with E-state index in [0.29, 0.717) is 157 Å². The van der Waals surface area contributed by atoms with E-state index < -0.39 is 24.1 Å². The van der Waals surface area contributed by atoms with Crippen LogP contribution in [0.2, 0.25) is 0 Å². The van der Waals surface area contributed by atoms with Crippen LogP contribution in [0, 0.1) is 20.8 Å². The minimum Gasteiger partial charge on any atom is -0.489 e. The van der Waals surface area contributed by atoms with E-state index >= 15 is 0 Å². The molecule has 6 aromatic rings. The van der Waals surface area contributed by atoms with E-state index in [0.717, 1.165) is 52.0 Å². The molecule has 0 saturated carbocycles. The molecule has 0 fully saturated rings. The third kappa shape index (κ3) is 39.0. The molecule has 114 heavy (non-hydrogen) atoms. The molecule has 6 rings (SSSR count). The number of thiophene rings is 2. The van der Waals surface area contributed by atoms with Gasteiger partial charge in [-0.2, -0.15) is 0 Å². The number of aliphatic hydroxyl groups excluding tert-OH is 4. The number of aliphatic hydroxyl groups is 4. The SMILES string of the molecule is CCCOCCOCCOc1ccc(Cc2cc(C)c(OCCO)c(OCCOCCOC(COCCOc3c(C)cccc3OCCOCCOCCC)C(COCCOc3sccc3C(=O)OCCO)OCCOc3ccsc3C(=O)OCCO)c2)cc1OCCOCCOCCOCCOc1ccc(C)cc1OCCO. The molecule has 0 bridgehead atoms. The predicted octanol–water partition coefficient (Wildman–Crippen LogP) is 8.95. The van der Waals surface area contributed by atoms with Gasteiger partial charge >= 0.3 is 11.9 Å². The Kier molecular flexibility index (Phi) is 51.1. The lowest BCUT2D eigenvalue weighted by molar-refractivity contribution is -0.137. The van der Waals surface area contributed by atoms with Crippen molar-refractivity contribution in [2.24, 2.45) is 0 Å². The zero-order chi connectivity index (χ0) is 81.1. The number of benzene rings is 4. The Morgan fingerprint density at radius 3 is 1.34 bits per heavy atom. The fourth-order valence-electron chi connectivity index (χ4n) is 10.5. The summed E-state index contributed by atoms with van der Waals surface area (Å²) in [4.78, 5) is 25.7. The van der Waals surface area contributed by atoms with Crippen molar-refractivity contribution < 1.29 is 144 Å². The molecule has 2 unspecified atom stereocenters. The summed E-state index contributed by atoms with van der Waals surface area (Å²) in [6.07, 6.45) is 0.762. The van der Waals surface area contributed by atoms with E-state index in [1.807, 2.05) is 87.5 Å². The third-order valence-corrected chi connectivity index (χ3v) is 17.4. The van der Waals surface area contributed by atoms with E-state index in [2.05, 4.69) is 13.8 Å². The molecule has 0 amide bonds. The molecule has 0 spiro atoms. The van der Waals surface area contributed by atoms with Crippen LogP contribution in [0.5, 0.6) is 56.8 Å². The Bertz CT molecular complexity index is 3480. The van der Waals surface area contributed by atoms with Gasteiger partial charge in [-0.05, 0) is 127 Å². The number of hydrogen-bond acceptors (Lipinski definition) is 32. The number of hydrogen-bond donors (Lipinski definition) is 4. The maximum atomic E-state index is 12.8. The summed E-state index contributed by atoms with van der Waals surface area (Å²) in [5.74, 6) is 3.31. The average molecular weight is 1650 g/mol. The van der Waals surface area contributed by atoms with Crippen molar-refractivity contribution in [3.05, 3.63) is 128 Å². The molecule has 4 N–H and O–H groups in total. The van der Waals surface area contributed by atoms with Crippen LogP contribution in [0.1, 0.15) is 74.5 Å². The normalized spacial score (nSPS) is 11.8. The van der Waals surface area contributed by atoms with Gasteiger partial charge in [-0.15, -0.1) is 22.7 Å². The van der Waals surface area contributed by atoms with Crippen LogP contribution >= 0.6 is 22.7 Å². The molecular weight excluding hydrogens is 1530 g/mol. The molecule has 2 heterocycles. The standard InChI is InChI=1S/C82H118O30S2/c1-6-21-89-27-29-92-36-44-101-69-14-12-65(58-73(69)104-46-38-95-34-32-91-31-33-94-35-43-100-68-13-11-62(3)55-72(68)99-23-17-83)57-66-56-64(5)78(108-24-18-84)74(59-66)105-47-39-96-40-48-106-75(60-97-41-49-109-77-63(4)9-8-10-70(77)102-45-37-93-30-28-90-22-7-2)76(107-52-51-103-71-16-54-113-79(71)81(88)111-26-20-86)61-98-42-50-112-82-67(15-53-114-82)80(87)110-25-19-85/h8-16,53-56,58-59,75-76,83-86H,6-7,17-52,57,60-61H2,1-5H3. The van der Waals surface area contributed by atoms with Gasteiger partial charge in [0.2, 0.25) is 0 Å². The van der Waals surface area contributed by atoms with Crippen LogP contribution in [0.25, 0.3) is 0 Å². The van der Waals surface area contributed by atoms with Crippen LogP contribution in [0.3, 0.4) is 0 Å². The summed E-state index contributed by atoms with van der Waals surface area (Å²) in [6.45, 7) is 16.9. The summed E-state index contributed by atoms with van der Waals surface area (Å²) in [5, 5.41) is 41.2. The zero-order valence-corrected chi connectivity index (χ0v) is 68.2. The lowest BCUT2D eigenvalue weighted by Gasteiger charge is -2.28. The minimum atomic E-state index is -0.796. The Labute approximate surface area is 676 Å². The monoisotopic (exact) mass is 1650 g/mol. The molecule has 638 valence electrons. The van der Waals surface area contributed by atoms with Crippen LogP contribution < -0.4 is 47.4 Å². The first-order valence-electron chi connectivity index (χ1n) is 38.7. The number of esters is 2. The number of ether oxygens (including phenoxy) is 24. The first kappa shape index (κ1) is 95.4. The molecule has 32 heteroatoms. The second-order valence-electron chi connectivity index (χ2n) is 24.8.